The average Bonchev–Trinajstić information content (AvgIpc) is 2.76. The van der Waals surface area contributed by atoms with Crippen LogP contribution in [0.25, 0.3) is 0 Å². The zero-order valence-electron chi connectivity index (χ0n) is 22.8. The van der Waals surface area contributed by atoms with Crippen LogP contribution in [0, 0.1) is 39.5 Å². The van der Waals surface area contributed by atoms with Gasteiger partial charge in [-0.25, -0.2) is 18.4 Å². The van der Waals surface area contributed by atoms with Crippen molar-refractivity contribution >= 4 is 40.8 Å². The molecule has 0 radical (unpaired) electrons. The fourth-order valence-corrected chi connectivity index (χ4v) is 6.52. The fourth-order valence-electron chi connectivity index (χ4n) is 4.85. The molecule has 1 heterocycles. The number of carbonyl (C=O) groups is 3. The van der Waals surface area contributed by atoms with E-state index < -0.39 is 90.9 Å². The number of halogens is 2. The lowest BCUT2D eigenvalue weighted by atomic mass is 9.54. The number of hydrogen-bond acceptors (Lipinski definition) is 9. The van der Waals surface area contributed by atoms with Gasteiger partial charge in [0.05, 0.1) is 17.0 Å². The molecule has 1 N–H and O–H groups in total. The van der Waals surface area contributed by atoms with Crippen LogP contribution in [-0.2, 0) is 14.3 Å². The number of carboxylic acid groups (broad SMARTS) is 1. The summed E-state index contributed by atoms with van der Waals surface area (Å²) in [6.07, 6.45) is -2.46. The second-order valence-electron chi connectivity index (χ2n) is 11.6. The van der Waals surface area contributed by atoms with Gasteiger partial charge in [0.2, 0.25) is 0 Å². The molecular weight excluding hydrogens is 540 g/mol. The van der Waals surface area contributed by atoms with Crippen molar-refractivity contribution in [1.82, 2.24) is 4.90 Å². The van der Waals surface area contributed by atoms with Crippen LogP contribution in [0.1, 0.15) is 67.0 Å². The van der Waals surface area contributed by atoms with E-state index in [1.807, 2.05) is 0 Å². The number of nitro benzene ring substituents is 1. The summed E-state index contributed by atoms with van der Waals surface area (Å²) in [5.41, 5.74) is -3.51. The lowest BCUT2D eigenvalue weighted by Gasteiger charge is -2.60. The van der Waals surface area contributed by atoms with E-state index in [9.17, 15) is 34.0 Å². The molecule has 0 bridgehead atoms. The highest BCUT2D eigenvalue weighted by molar-refractivity contribution is 8.15. The van der Waals surface area contributed by atoms with Crippen molar-refractivity contribution in [1.29, 1.82) is 0 Å². The van der Waals surface area contributed by atoms with Gasteiger partial charge < -0.3 is 14.6 Å². The Balaban J connectivity index is 2.30. The first kappa shape index (κ1) is 30.3. The first-order valence-electron chi connectivity index (χ1n) is 12.1. The number of hydrogen-bond donors (Lipinski definition) is 1. The van der Waals surface area contributed by atoms with Gasteiger partial charge in [-0.2, -0.15) is 4.90 Å². The zero-order chi connectivity index (χ0) is 29.8. The first-order valence-corrected chi connectivity index (χ1v) is 12.9. The van der Waals surface area contributed by atoms with E-state index in [4.69, 9.17) is 9.47 Å². The van der Waals surface area contributed by atoms with Gasteiger partial charge >= 0.3 is 18.2 Å². The summed E-state index contributed by atoms with van der Waals surface area (Å²) in [6.45, 7) is 12.6. The molecule has 5 atom stereocenters. The van der Waals surface area contributed by atoms with Gasteiger partial charge in [-0.15, -0.1) is 0 Å². The topological polar surface area (TPSA) is 149 Å². The number of carbonyl (C=O) groups excluding carboxylic acids is 2. The largest absolute Gasteiger partial charge is 0.480 e. The highest BCUT2D eigenvalue weighted by Gasteiger charge is 2.69. The number of nitro groups is 1. The first-order chi connectivity index (χ1) is 17.7. The number of rotatable bonds is 3. The second-order valence-corrected chi connectivity index (χ2v) is 12.9. The van der Waals surface area contributed by atoms with E-state index in [-0.39, 0.29) is 0 Å². The van der Waals surface area contributed by atoms with E-state index in [1.54, 1.807) is 55.4 Å². The molecule has 11 nitrogen and oxygen atoms in total. The molecule has 1 fully saturated rings. The van der Waals surface area contributed by atoms with Gasteiger partial charge in [-0.05, 0) is 53.4 Å². The third-order valence-electron chi connectivity index (χ3n) is 6.62. The Hall–Kier alpha value is -3.29. The van der Waals surface area contributed by atoms with E-state index in [2.05, 4.69) is 4.99 Å². The summed E-state index contributed by atoms with van der Waals surface area (Å²) in [7, 11) is 0. The molecule has 0 saturated heterocycles. The third-order valence-corrected chi connectivity index (χ3v) is 8.25. The molecule has 214 valence electrons. The smallest absolute Gasteiger partial charge is 0.426 e. The van der Waals surface area contributed by atoms with E-state index in [0.717, 1.165) is 6.07 Å². The Morgan fingerprint density at radius 3 is 2.03 bits per heavy atom. The quantitative estimate of drug-likeness (QED) is 0.345. The monoisotopic (exact) mass is 571 g/mol. The van der Waals surface area contributed by atoms with E-state index >= 15 is 4.39 Å². The number of amidine groups is 1. The summed E-state index contributed by atoms with van der Waals surface area (Å²) >= 11 is 0.609. The molecule has 1 aromatic carbocycles. The van der Waals surface area contributed by atoms with E-state index in [0.29, 0.717) is 22.7 Å². The van der Waals surface area contributed by atoms with Crippen molar-refractivity contribution in [3.63, 3.8) is 0 Å². The maximum Gasteiger partial charge on any atom is 0.426 e. The molecular formula is C25H31F2N3O8S. The second kappa shape index (κ2) is 10.0. The maximum atomic E-state index is 15.2. The minimum atomic E-state index is -1.74. The van der Waals surface area contributed by atoms with Crippen molar-refractivity contribution < 1.29 is 42.7 Å². The predicted molar refractivity (Wildman–Crippen MR) is 137 cm³/mol. The number of nitrogens with zero attached hydrogens (tertiary/aromatic N) is 3. The number of aliphatic carboxylic acids is 1. The van der Waals surface area contributed by atoms with Crippen LogP contribution in [0.2, 0.25) is 0 Å². The van der Waals surface area contributed by atoms with Gasteiger partial charge in [0.15, 0.2) is 16.8 Å². The Morgan fingerprint density at radius 2 is 1.59 bits per heavy atom. The molecule has 3 rings (SSSR count). The van der Waals surface area contributed by atoms with Crippen LogP contribution < -0.4 is 0 Å². The van der Waals surface area contributed by atoms with E-state index in [1.165, 1.54) is 0 Å². The number of imide groups is 1. The molecule has 1 aromatic rings. The number of thioether (sulfide) groups is 1. The Kier molecular flexibility index (Phi) is 7.78. The highest BCUT2D eigenvalue weighted by atomic mass is 32.2. The van der Waals surface area contributed by atoms with Crippen molar-refractivity contribution in [3.05, 3.63) is 39.4 Å². The lowest BCUT2D eigenvalue weighted by Crippen LogP contribution is -2.67. The average molecular weight is 572 g/mol. The molecule has 1 aliphatic carbocycles. The van der Waals surface area contributed by atoms with Gasteiger partial charge in [0, 0.05) is 17.5 Å². The number of fused-ring (bicyclic) bond motifs is 1. The molecule has 1 saturated carbocycles. The normalized spacial score (nSPS) is 26.5. The molecule has 2 unspecified atom stereocenters. The molecule has 0 aromatic heterocycles. The Labute approximate surface area is 228 Å². The summed E-state index contributed by atoms with van der Waals surface area (Å²) in [5, 5.41) is 21.3. The number of benzene rings is 1. The summed E-state index contributed by atoms with van der Waals surface area (Å²) in [6, 6.07) is -0.301. The Morgan fingerprint density at radius 1 is 1.08 bits per heavy atom. The highest BCUT2D eigenvalue weighted by Crippen LogP contribution is 2.65. The van der Waals surface area contributed by atoms with Crippen molar-refractivity contribution in [2.75, 3.05) is 0 Å². The van der Waals surface area contributed by atoms with Crippen LogP contribution in [0.4, 0.5) is 24.1 Å². The fraction of sp³-hybridized carbons (Fsp3) is 0.600. The number of aliphatic imine (C=N–C) groups is 1. The maximum absolute atomic E-state index is 15.2. The SMILES string of the molecule is CC1C2[C@H](c3cc([N+](=O)[O-])cc(F)c3F)N=C(N(C(=O)OC(C)(C)C)C(=O)OC(C)(C)C)S[C@@]2(C(=O)O)[C@H]1C. The van der Waals surface area contributed by atoms with Crippen molar-refractivity contribution in [3.8, 4) is 0 Å². The van der Waals surface area contributed by atoms with Crippen LogP contribution in [-0.4, -0.2) is 54.2 Å². The third kappa shape index (κ3) is 5.56. The lowest BCUT2D eigenvalue weighted by molar-refractivity contribution is -0.385. The van der Waals surface area contributed by atoms with Crippen molar-refractivity contribution in [2.24, 2.45) is 22.7 Å². The van der Waals surface area contributed by atoms with Gasteiger partial charge in [-0.3, -0.25) is 19.9 Å². The zero-order valence-corrected chi connectivity index (χ0v) is 23.6. The molecule has 2 aliphatic rings. The van der Waals surface area contributed by atoms with Gasteiger partial charge in [0.25, 0.3) is 5.69 Å². The minimum absolute atomic E-state index is 0.401. The minimum Gasteiger partial charge on any atom is -0.480 e. The predicted octanol–water partition coefficient (Wildman–Crippen LogP) is 5.91. The Bertz CT molecular complexity index is 1230. The number of amides is 2. The summed E-state index contributed by atoms with van der Waals surface area (Å²) in [5.74, 6) is -6.25. The molecule has 39 heavy (non-hydrogen) atoms. The standard InChI is InChI=1S/C25H31F2N3O8S/c1-11-12(2)25(19(31)32)16(11)18(14-9-13(30(35)36)10-15(26)17(14)27)28-20(39-25)29(21(33)37-23(3,4)5)22(34)38-24(6,7)8/h9-12,16,18H,1-8H3,(H,31,32)/t11?,12-,16?,18-,25-/m0/s1. The van der Waals surface area contributed by atoms with Crippen LogP contribution in [0.15, 0.2) is 17.1 Å². The van der Waals surface area contributed by atoms with Crippen molar-refractivity contribution in [2.45, 2.75) is 77.4 Å². The van der Waals surface area contributed by atoms with Crippen LogP contribution in [0.3, 0.4) is 0 Å². The van der Waals surface area contributed by atoms with Crippen LogP contribution in [0.5, 0.6) is 0 Å². The molecule has 0 spiro atoms. The molecule has 14 heteroatoms. The number of carboxylic acids is 1. The molecule has 1 aliphatic heterocycles. The van der Waals surface area contributed by atoms with Gasteiger partial charge in [-0.1, -0.05) is 25.6 Å². The number of ether oxygens (including phenoxy) is 2. The van der Waals surface area contributed by atoms with Gasteiger partial charge in [0.1, 0.15) is 15.9 Å². The number of non-ortho nitro benzene ring substituents is 1. The summed E-state index contributed by atoms with van der Waals surface area (Å²) in [4.78, 5) is 54.6. The molecule has 2 amide bonds. The summed E-state index contributed by atoms with van der Waals surface area (Å²) < 4.78 is 38.7. The van der Waals surface area contributed by atoms with Crippen LogP contribution >= 0.6 is 11.8 Å².